The lowest BCUT2D eigenvalue weighted by atomic mass is 10.2. The van der Waals surface area contributed by atoms with Gasteiger partial charge in [0.2, 0.25) is 0 Å². The van der Waals surface area contributed by atoms with E-state index in [0.717, 1.165) is 20.3 Å². The maximum Gasteiger partial charge on any atom is 0.280 e. The molecule has 0 N–H and O–H groups in total. The van der Waals surface area contributed by atoms with Crippen molar-refractivity contribution in [1.82, 2.24) is 14.8 Å². The predicted octanol–water partition coefficient (Wildman–Crippen LogP) is 5.68. The van der Waals surface area contributed by atoms with E-state index in [2.05, 4.69) is 21.0 Å². The Morgan fingerprint density at radius 1 is 1.18 bits per heavy atom. The number of nitrogens with zero attached hydrogens (tertiary/aromatic N) is 4. The number of hydrogen-bond donors (Lipinski definition) is 0. The van der Waals surface area contributed by atoms with Crippen LogP contribution in [0.15, 0.2) is 65.3 Å². The molecule has 0 saturated carbocycles. The van der Waals surface area contributed by atoms with Crippen molar-refractivity contribution in [1.29, 1.82) is 0 Å². The van der Waals surface area contributed by atoms with E-state index >= 15 is 0 Å². The number of halogens is 1. The smallest absolute Gasteiger partial charge is 0.278 e. The molecule has 142 valence electrons. The average molecular weight is 455 g/mol. The van der Waals surface area contributed by atoms with Crippen molar-refractivity contribution in [3.05, 3.63) is 76.5 Å². The molecule has 0 fully saturated rings. The maximum atomic E-state index is 13.3. The Hall–Kier alpha value is -2.51. The van der Waals surface area contributed by atoms with Gasteiger partial charge in [-0.25, -0.2) is 4.98 Å². The summed E-state index contributed by atoms with van der Waals surface area (Å²) in [5, 5.41) is 5.13. The SMILES string of the molecule is CC(C)n1ccc(C(=O)N(Cc2ccccc2)c2nc3ccc(Br)cc3s2)n1. The summed E-state index contributed by atoms with van der Waals surface area (Å²) in [6.45, 7) is 4.51. The molecule has 7 heteroatoms. The molecule has 0 aliphatic heterocycles. The summed E-state index contributed by atoms with van der Waals surface area (Å²) in [6, 6.07) is 17.8. The third kappa shape index (κ3) is 3.86. The quantitative estimate of drug-likeness (QED) is 0.389. The van der Waals surface area contributed by atoms with Crippen LogP contribution in [0.3, 0.4) is 0 Å². The first-order chi connectivity index (χ1) is 13.5. The summed E-state index contributed by atoms with van der Waals surface area (Å²) in [6.07, 6.45) is 1.84. The molecule has 2 aromatic carbocycles. The van der Waals surface area contributed by atoms with Gasteiger partial charge in [0.1, 0.15) is 0 Å². The molecular formula is C21H19BrN4OS. The van der Waals surface area contributed by atoms with Crippen LogP contribution in [0.4, 0.5) is 5.13 Å². The van der Waals surface area contributed by atoms with Crippen LogP contribution >= 0.6 is 27.3 Å². The minimum absolute atomic E-state index is 0.152. The number of thiazole rings is 1. The van der Waals surface area contributed by atoms with Gasteiger partial charge in [0.25, 0.3) is 5.91 Å². The van der Waals surface area contributed by atoms with Gasteiger partial charge in [-0.2, -0.15) is 5.10 Å². The van der Waals surface area contributed by atoms with E-state index < -0.39 is 0 Å². The number of hydrogen-bond acceptors (Lipinski definition) is 4. The Balaban J connectivity index is 1.74. The third-order valence-electron chi connectivity index (χ3n) is 4.36. The molecule has 1 amide bonds. The van der Waals surface area contributed by atoms with Gasteiger partial charge >= 0.3 is 0 Å². The summed E-state index contributed by atoms with van der Waals surface area (Å²) in [5.74, 6) is -0.152. The lowest BCUT2D eigenvalue weighted by Crippen LogP contribution is -2.30. The highest BCUT2D eigenvalue weighted by molar-refractivity contribution is 9.10. The minimum Gasteiger partial charge on any atom is -0.278 e. The van der Waals surface area contributed by atoms with E-state index in [1.807, 2.05) is 68.6 Å². The molecule has 0 unspecified atom stereocenters. The van der Waals surface area contributed by atoms with Crippen LogP contribution in [-0.2, 0) is 6.54 Å². The highest BCUT2D eigenvalue weighted by Gasteiger charge is 2.24. The standard InChI is InChI=1S/C21H19BrN4OS/c1-14(2)26-11-10-18(24-26)20(27)25(13-15-6-4-3-5-7-15)21-23-17-9-8-16(22)12-19(17)28-21/h3-12,14H,13H2,1-2H3. The van der Waals surface area contributed by atoms with Crippen LogP contribution in [0.1, 0.15) is 35.9 Å². The number of carbonyl (C=O) groups excluding carboxylic acids is 1. The molecule has 0 spiro atoms. The van der Waals surface area contributed by atoms with Crippen molar-refractivity contribution in [2.75, 3.05) is 4.90 Å². The van der Waals surface area contributed by atoms with Crippen molar-refractivity contribution in [3.8, 4) is 0 Å². The topological polar surface area (TPSA) is 51.0 Å². The highest BCUT2D eigenvalue weighted by Crippen LogP contribution is 2.32. The van der Waals surface area contributed by atoms with Gasteiger partial charge in [0.05, 0.1) is 16.8 Å². The molecule has 0 saturated heterocycles. The number of fused-ring (bicyclic) bond motifs is 1. The van der Waals surface area contributed by atoms with E-state index in [4.69, 9.17) is 4.98 Å². The van der Waals surface area contributed by atoms with Crippen molar-refractivity contribution < 1.29 is 4.79 Å². The second-order valence-electron chi connectivity index (χ2n) is 6.76. The zero-order chi connectivity index (χ0) is 19.7. The van der Waals surface area contributed by atoms with E-state index in [-0.39, 0.29) is 11.9 Å². The monoisotopic (exact) mass is 454 g/mol. The number of carbonyl (C=O) groups is 1. The van der Waals surface area contributed by atoms with Crippen LogP contribution in [0, 0.1) is 0 Å². The van der Waals surface area contributed by atoms with Crippen molar-refractivity contribution in [2.45, 2.75) is 26.4 Å². The van der Waals surface area contributed by atoms with Crippen molar-refractivity contribution >= 4 is 48.5 Å². The van der Waals surface area contributed by atoms with Gasteiger partial charge in [0.15, 0.2) is 10.8 Å². The molecule has 0 aliphatic carbocycles. The number of amides is 1. The lowest BCUT2D eigenvalue weighted by Gasteiger charge is -2.19. The summed E-state index contributed by atoms with van der Waals surface area (Å²) < 4.78 is 3.82. The molecule has 0 atom stereocenters. The fourth-order valence-corrected chi connectivity index (χ4v) is 4.39. The van der Waals surface area contributed by atoms with Gasteiger partial charge in [-0.3, -0.25) is 14.4 Å². The van der Waals surface area contributed by atoms with Gasteiger partial charge in [-0.05, 0) is 43.7 Å². The molecule has 4 aromatic rings. The van der Waals surface area contributed by atoms with Crippen LogP contribution in [0.2, 0.25) is 0 Å². The summed E-state index contributed by atoms with van der Waals surface area (Å²) in [7, 11) is 0. The molecule has 5 nitrogen and oxygen atoms in total. The average Bonchev–Trinajstić information content (AvgIpc) is 3.33. The molecular weight excluding hydrogens is 436 g/mol. The first kappa shape index (κ1) is 18.8. The Morgan fingerprint density at radius 2 is 1.96 bits per heavy atom. The van der Waals surface area contributed by atoms with Crippen LogP contribution in [-0.4, -0.2) is 20.7 Å². The Labute approximate surface area is 175 Å². The zero-order valence-electron chi connectivity index (χ0n) is 15.5. The van der Waals surface area contributed by atoms with Crippen molar-refractivity contribution in [2.24, 2.45) is 0 Å². The number of anilines is 1. The first-order valence-electron chi connectivity index (χ1n) is 8.98. The summed E-state index contributed by atoms with van der Waals surface area (Å²) in [5.41, 5.74) is 2.34. The molecule has 4 rings (SSSR count). The third-order valence-corrected chi connectivity index (χ3v) is 5.89. The van der Waals surface area contributed by atoms with Crippen LogP contribution < -0.4 is 4.90 Å². The fourth-order valence-electron chi connectivity index (χ4n) is 2.87. The molecule has 2 heterocycles. The fraction of sp³-hybridized carbons (Fsp3) is 0.190. The van der Waals surface area contributed by atoms with E-state index in [9.17, 15) is 4.79 Å². The second-order valence-corrected chi connectivity index (χ2v) is 8.68. The summed E-state index contributed by atoms with van der Waals surface area (Å²) in [4.78, 5) is 19.8. The lowest BCUT2D eigenvalue weighted by molar-refractivity contribution is 0.0979. The molecule has 0 bridgehead atoms. The Bertz CT molecular complexity index is 1120. The van der Waals surface area contributed by atoms with E-state index in [1.54, 1.807) is 15.6 Å². The van der Waals surface area contributed by atoms with Crippen molar-refractivity contribution in [3.63, 3.8) is 0 Å². The largest absolute Gasteiger partial charge is 0.280 e. The van der Waals surface area contributed by atoms with Gasteiger partial charge in [0, 0.05) is 16.7 Å². The number of rotatable bonds is 5. The minimum atomic E-state index is -0.152. The Kier molecular flexibility index (Phi) is 5.28. The van der Waals surface area contributed by atoms with E-state index in [0.29, 0.717) is 17.4 Å². The van der Waals surface area contributed by atoms with Gasteiger partial charge in [-0.15, -0.1) is 0 Å². The molecule has 0 aliphatic rings. The summed E-state index contributed by atoms with van der Waals surface area (Å²) >= 11 is 5.00. The molecule has 0 radical (unpaired) electrons. The maximum absolute atomic E-state index is 13.3. The number of benzene rings is 2. The van der Waals surface area contributed by atoms with Gasteiger partial charge in [-0.1, -0.05) is 57.6 Å². The zero-order valence-corrected chi connectivity index (χ0v) is 17.9. The highest BCUT2D eigenvalue weighted by atomic mass is 79.9. The van der Waals surface area contributed by atoms with E-state index in [1.165, 1.54) is 11.3 Å². The van der Waals surface area contributed by atoms with Crippen LogP contribution in [0.5, 0.6) is 0 Å². The molecule has 2 aromatic heterocycles. The normalized spacial score (nSPS) is 11.3. The number of aromatic nitrogens is 3. The van der Waals surface area contributed by atoms with Gasteiger partial charge < -0.3 is 0 Å². The molecule has 28 heavy (non-hydrogen) atoms. The Morgan fingerprint density at radius 3 is 2.68 bits per heavy atom. The first-order valence-corrected chi connectivity index (χ1v) is 10.6. The predicted molar refractivity (Wildman–Crippen MR) is 117 cm³/mol. The van der Waals surface area contributed by atoms with Crippen LogP contribution in [0.25, 0.3) is 10.2 Å². The second kappa shape index (κ2) is 7.85.